The fraction of sp³-hybridized carbons (Fsp3) is 0.562. The second-order valence-electron chi connectivity index (χ2n) is 5.01. The standard InChI is InChI=1S/C16H24N2O2/c1-4-14(5-2)18(3)11-15(19)12-20-16-8-6-13(10-17)7-9-16/h6-9,14-15,19H,4-5,11-12H2,1-3H3. The van der Waals surface area contributed by atoms with Crippen LogP contribution in [-0.4, -0.2) is 42.4 Å². The highest BCUT2D eigenvalue weighted by molar-refractivity contribution is 5.34. The average Bonchev–Trinajstić information content (AvgIpc) is 2.47. The quantitative estimate of drug-likeness (QED) is 0.792. The number of likely N-dealkylation sites (N-methyl/N-ethyl adjacent to an activating group) is 1. The predicted molar refractivity (Wildman–Crippen MR) is 79.7 cm³/mol. The highest BCUT2D eigenvalue weighted by Crippen LogP contribution is 2.12. The first-order chi connectivity index (χ1) is 9.60. The van der Waals surface area contributed by atoms with E-state index < -0.39 is 6.10 Å². The van der Waals surface area contributed by atoms with E-state index in [0.717, 1.165) is 12.8 Å². The van der Waals surface area contributed by atoms with Crippen molar-refractivity contribution in [2.24, 2.45) is 0 Å². The Balaban J connectivity index is 2.38. The van der Waals surface area contributed by atoms with Gasteiger partial charge in [-0.05, 0) is 44.2 Å². The topological polar surface area (TPSA) is 56.5 Å². The largest absolute Gasteiger partial charge is 0.491 e. The fourth-order valence-corrected chi connectivity index (χ4v) is 2.26. The molecular formula is C16H24N2O2. The Labute approximate surface area is 121 Å². The molecule has 0 bridgehead atoms. The molecule has 110 valence electrons. The molecule has 0 amide bonds. The first-order valence-electron chi connectivity index (χ1n) is 7.11. The van der Waals surface area contributed by atoms with Gasteiger partial charge in [0.2, 0.25) is 0 Å². The van der Waals surface area contributed by atoms with Gasteiger partial charge in [-0.15, -0.1) is 0 Å². The van der Waals surface area contributed by atoms with Crippen molar-refractivity contribution in [1.29, 1.82) is 5.26 Å². The summed E-state index contributed by atoms with van der Waals surface area (Å²) in [5.74, 6) is 0.674. The number of rotatable bonds is 8. The SMILES string of the molecule is CCC(CC)N(C)CC(O)COc1ccc(C#N)cc1. The van der Waals surface area contributed by atoms with Crippen LogP contribution in [-0.2, 0) is 0 Å². The van der Waals surface area contributed by atoms with Crippen LogP contribution in [0.4, 0.5) is 0 Å². The van der Waals surface area contributed by atoms with Crippen molar-refractivity contribution in [3.8, 4) is 11.8 Å². The molecule has 0 heterocycles. The summed E-state index contributed by atoms with van der Waals surface area (Å²) in [7, 11) is 2.03. The number of benzene rings is 1. The molecule has 1 unspecified atom stereocenters. The van der Waals surface area contributed by atoms with Crippen LogP contribution in [0.25, 0.3) is 0 Å². The van der Waals surface area contributed by atoms with Crippen LogP contribution < -0.4 is 4.74 Å². The molecule has 4 nitrogen and oxygen atoms in total. The Morgan fingerprint density at radius 3 is 2.35 bits per heavy atom. The van der Waals surface area contributed by atoms with E-state index in [2.05, 4.69) is 24.8 Å². The summed E-state index contributed by atoms with van der Waals surface area (Å²) in [5.41, 5.74) is 0.603. The van der Waals surface area contributed by atoms with Crippen LogP contribution in [0.3, 0.4) is 0 Å². The second kappa shape index (κ2) is 8.57. The molecule has 20 heavy (non-hydrogen) atoms. The van der Waals surface area contributed by atoms with Crippen molar-refractivity contribution >= 4 is 0 Å². The number of aliphatic hydroxyl groups is 1. The van der Waals surface area contributed by atoms with Gasteiger partial charge in [0.25, 0.3) is 0 Å². The van der Waals surface area contributed by atoms with Gasteiger partial charge < -0.3 is 14.7 Å². The number of nitrogens with zero attached hydrogens (tertiary/aromatic N) is 2. The third-order valence-electron chi connectivity index (χ3n) is 3.49. The zero-order chi connectivity index (χ0) is 15.0. The molecule has 0 aliphatic rings. The molecule has 1 aromatic carbocycles. The minimum Gasteiger partial charge on any atom is -0.491 e. The maximum absolute atomic E-state index is 10.0. The van der Waals surface area contributed by atoms with Crippen LogP contribution in [0.2, 0.25) is 0 Å². The molecule has 1 N–H and O–H groups in total. The first-order valence-corrected chi connectivity index (χ1v) is 7.11. The normalized spacial score (nSPS) is 12.4. The van der Waals surface area contributed by atoms with E-state index in [1.807, 2.05) is 7.05 Å². The van der Waals surface area contributed by atoms with Crippen LogP contribution >= 0.6 is 0 Å². The second-order valence-corrected chi connectivity index (χ2v) is 5.01. The molecule has 0 saturated heterocycles. The lowest BCUT2D eigenvalue weighted by Crippen LogP contribution is -2.39. The Hall–Kier alpha value is -1.57. The zero-order valence-corrected chi connectivity index (χ0v) is 12.5. The van der Waals surface area contributed by atoms with Gasteiger partial charge >= 0.3 is 0 Å². The molecular weight excluding hydrogens is 252 g/mol. The summed E-state index contributed by atoms with van der Waals surface area (Å²) in [6, 6.07) is 9.46. The minimum absolute atomic E-state index is 0.260. The molecule has 0 aromatic heterocycles. The third kappa shape index (κ3) is 5.20. The van der Waals surface area contributed by atoms with Crippen molar-refractivity contribution in [3.63, 3.8) is 0 Å². The summed E-state index contributed by atoms with van der Waals surface area (Å²) in [4.78, 5) is 2.17. The van der Waals surface area contributed by atoms with Gasteiger partial charge in [-0.2, -0.15) is 5.26 Å². The van der Waals surface area contributed by atoms with Crippen LogP contribution in [0.1, 0.15) is 32.3 Å². The number of nitriles is 1. The van der Waals surface area contributed by atoms with E-state index >= 15 is 0 Å². The van der Waals surface area contributed by atoms with E-state index in [4.69, 9.17) is 10.00 Å². The molecule has 4 heteroatoms. The van der Waals surface area contributed by atoms with Gasteiger partial charge in [0.1, 0.15) is 18.5 Å². The van der Waals surface area contributed by atoms with Crippen molar-refractivity contribution in [3.05, 3.63) is 29.8 Å². The lowest BCUT2D eigenvalue weighted by molar-refractivity contribution is 0.0616. The van der Waals surface area contributed by atoms with Gasteiger partial charge in [0.05, 0.1) is 11.6 Å². The molecule has 1 atom stereocenters. The first kappa shape index (κ1) is 16.5. The Bertz CT molecular complexity index is 421. The predicted octanol–water partition coefficient (Wildman–Crippen LogP) is 2.42. The zero-order valence-electron chi connectivity index (χ0n) is 12.5. The highest BCUT2D eigenvalue weighted by atomic mass is 16.5. The Morgan fingerprint density at radius 1 is 1.25 bits per heavy atom. The summed E-state index contributed by atoms with van der Waals surface area (Å²) in [6.07, 6.45) is 1.64. The minimum atomic E-state index is -0.517. The number of hydrogen-bond acceptors (Lipinski definition) is 4. The van der Waals surface area contributed by atoms with E-state index in [0.29, 0.717) is 23.9 Å². The molecule has 0 saturated carbocycles. The van der Waals surface area contributed by atoms with E-state index in [9.17, 15) is 5.11 Å². The third-order valence-corrected chi connectivity index (χ3v) is 3.49. The molecule has 0 aliphatic carbocycles. The van der Waals surface area contributed by atoms with E-state index in [1.54, 1.807) is 24.3 Å². The smallest absolute Gasteiger partial charge is 0.119 e. The number of ether oxygens (including phenoxy) is 1. The maximum Gasteiger partial charge on any atom is 0.119 e. The Kier molecular flexibility index (Phi) is 7.06. The lowest BCUT2D eigenvalue weighted by Gasteiger charge is -2.28. The fourth-order valence-electron chi connectivity index (χ4n) is 2.26. The highest BCUT2D eigenvalue weighted by Gasteiger charge is 2.15. The van der Waals surface area contributed by atoms with Crippen molar-refractivity contribution < 1.29 is 9.84 Å². The molecule has 1 rings (SSSR count). The maximum atomic E-state index is 10.0. The van der Waals surface area contributed by atoms with Gasteiger partial charge in [0.15, 0.2) is 0 Å². The van der Waals surface area contributed by atoms with Crippen molar-refractivity contribution in [2.45, 2.75) is 38.8 Å². The average molecular weight is 276 g/mol. The lowest BCUT2D eigenvalue weighted by atomic mass is 10.1. The van der Waals surface area contributed by atoms with Gasteiger partial charge in [-0.25, -0.2) is 0 Å². The van der Waals surface area contributed by atoms with Gasteiger partial charge in [-0.3, -0.25) is 0 Å². The van der Waals surface area contributed by atoms with Crippen molar-refractivity contribution in [1.82, 2.24) is 4.90 Å². The number of hydrogen-bond donors (Lipinski definition) is 1. The summed E-state index contributed by atoms with van der Waals surface area (Å²) in [5, 5.41) is 18.7. The van der Waals surface area contributed by atoms with Gasteiger partial charge in [-0.1, -0.05) is 13.8 Å². The summed E-state index contributed by atoms with van der Waals surface area (Å²) >= 11 is 0. The van der Waals surface area contributed by atoms with Crippen LogP contribution in [0.5, 0.6) is 5.75 Å². The Morgan fingerprint density at radius 2 is 1.85 bits per heavy atom. The molecule has 0 radical (unpaired) electrons. The monoisotopic (exact) mass is 276 g/mol. The summed E-state index contributed by atoms with van der Waals surface area (Å²) in [6.45, 7) is 5.17. The molecule has 0 spiro atoms. The van der Waals surface area contributed by atoms with Crippen molar-refractivity contribution in [2.75, 3.05) is 20.2 Å². The summed E-state index contributed by atoms with van der Waals surface area (Å²) < 4.78 is 5.53. The van der Waals surface area contributed by atoms with Crippen LogP contribution in [0.15, 0.2) is 24.3 Å². The molecule has 1 aromatic rings. The molecule has 0 aliphatic heterocycles. The van der Waals surface area contributed by atoms with Gasteiger partial charge in [0, 0.05) is 12.6 Å². The van der Waals surface area contributed by atoms with Crippen LogP contribution in [0, 0.1) is 11.3 Å². The molecule has 0 fully saturated rings. The van der Waals surface area contributed by atoms with E-state index in [-0.39, 0.29) is 6.61 Å². The number of aliphatic hydroxyl groups excluding tert-OH is 1. The van der Waals surface area contributed by atoms with E-state index in [1.165, 1.54) is 0 Å².